The van der Waals surface area contributed by atoms with Crippen molar-refractivity contribution >= 4 is 0 Å². The van der Waals surface area contributed by atoms with E-state index in [4.69, 9.17) is 4.74 Å². The molecule has 1 saturated heterocycles. The molecule has 1 aromatic carbocycles. The topological polar surface area (TPSA) is 61.7 Å². The lowest BCUT2D eigenvalue weighted by molar-refractivity contribution is -0.0871. The highest BCUT2D eigenvalue weighted by molar-refractivity contribution is 5.27. The third kappa shape index (κ3) is 3.91. The molecule has 1 saturated carbocycles. The van der Waals surface area contributed by atoms with Gasteiger partial charge in [0.15, 0.2) is 0 Å². The molecule has 1 unspecified atom stereocenters. The van der Waals surface area contributed by atoms with Crippen LogP contribution in [0.5, 0.6) is 0 Å². The van der Waals surface area contributed by atoms with Crippen molar-refractivity contribution in [1.82, 2.24) is 5.32 Å². The Bertz CT molecular complexity index is 510. The Balaban J connectivity index is 1.56. The van der Waals surface area contributed by atoms with Crippen LogP contribution in [0.2, 0.25) is 0 Å². The first-order chi connectivity index (χ1) is 11.0. The number of rotatable bonds is 6. The Morgan fingerprint density at radius 3 is 2.35 bits per heavy atom. The molecule has 2 aliphatic rings. The molecule has 1 aromatic rings. The van der Waals surface area contributed by atoms with E-state index in [0.29, 0.717) is 39.0 Å². The molecular formula is C18H26FNO3. The maximum Gasteiger partial charge on any atom is 0.123 e. The number of hydrogen-bond acceptors (Lipinski definition) is 4. The quantitative estimate of drug-likeness (QED) is 0.750. The first-order valence-corrected chi connectivity index (χ1v) is 8.51. The predicted molar refractivity (Wildman–Crippen MR) is 85.6 cm³/mol. The van der Waals surface area contributed by atoms with Crippen LogP contribution in [0.15, 0.2) is 24.3 Å². The summed E-state index contributed by atoms with van der Waals surface area (Å²) in [5.41, 5.74) is 0.0942. The average molecular weight is 323 g/mol. The minimum absolute atomic E-state index is 0.160. The smallest absolute Gasteiger partial charge is 0.123 e. The molecule has 0 bridgehead atoms. The second kappa shape index (κ2) is 6.85. The van der Waals surface area contributed by atoms with Gasteiger partial charge in [0.05, 0.1) is 11.7 Å². The number of benzene rings is 1. The van der Waals surface area contributed by atoms with Gasteiger partial charge >= 0.3 is 0 Å². The summed E-state index contributed by atoms with van der Waals surface area (Å²) in [4.78, 5) is 0. The van der Waals surface area contributed by atoms with Crippen molar-refractivity contribution in [2.24, 2.45) is 0 Å². The van der Waals surface area contributed by atoms with Crippen LogP contribution in [-0.2, 0) is 10.3 Å². The summed E-state index contributed by atoms with van der Waals surface area (Å²) in [7, 11) is 0. The van der Waals surface area contributed by atoms with E-state index in [0.717, 1.165) is 24.8 Å². The molecule has 1 atom stereocenters. The largest absolute Gasteiger partial charge is 0.392 e. The molecule has 0 radical (unpaired) electrons. The van der Waals surface area contributed by atoms with Gasteiger partial charge in [0.1, 0.15) is 5.82 Å². The van der Waals surface area contributed by atoms with Crippen molar-refractivity contribution in [2.75, 3.05) is 19.8 Å². The standard InChI is InChI=1S/C18H26FNO3/c19-15-4-2-14(3-5-15)18(6-1-7-18)20-13-16(21)12-17(22)8-10-23-11-9-17/h2-5,16,20-22H,1,6-13H2. The third-order valence-corrected chi connectivity index (χ3v) is 5.32. The Kier molecular flexibility index (Phi) is 5.01. The fraction of sp³-hybridized carbons (Fsp3) is 0.667. The van der Waals surface area contributed by atoms with Crippen molar-refractivity contribution in [3.05, 3.63) is 35.6 Å². The molecule has 3 rings (SSSR count). The third-order valence-electron chi connectivity index (χ3n) is 5.32. The lowest BCUT2D eigenvalue weighted by atomic mass is 9.71. The molecular weight excluding hydrogens is 297 g/mol. The highest BCUT2D eigenvalue weighted by atomic mass is 19.1. The molecule has 0 amide bonds. The molecule has 5 heteroatoms. The maximum absolute atomic E-state index is 13.1. The van der Waals surface area contributed by atoms with Crippen LogP contribution in [0, 0.1) is 5.82 Å². The minimum atomic E-state index is -0.817. The Morgan fingerprint density at radius 1 is 1.13 bits per heavy atom. The second-order valence-corrected chi connectivity index (χ2v) is 7.02. The van der Waals surface area contributed by atoms with E-state index >= 15 is 0 Å². The van der Waals surface area contributed by atoms with E-state index in [1.807, 2.05) is 12.1 Å². The summed E-state index contributed by atoms with van der Waals surface area (Å²) >= 11 is 0. The number of halogens is 1. The zero-order chi connectivity index (χ0) is 16.3. The van der Waals surface area contributed by atoms with Gasteiger partial charge < -0.3 is 20.3 Å². The first-order valence-electron chi connectivity index (χ1n) is 8.51. The highest BCUT2D eigenvalue weighted by Gasteiger charge is 2.39. The van der Waals surface area contributed by atoms with Gasteiger partial charge in [0.2, 0.25) is 0 Å². The van der Waals surface area contributed by atoms with Crippen molar-refractivity contribution in [2.45, 2.75) is 55.8 Å². The van der Waals surface area contributed by atoms with Crippen LogP contribution < -0.4 is 5.32 Å². The molecule has 4 nitrogen and oxygen atoms in total. The highest BCUT2D eigenvalue weighted by Crippen LogP contribution is 2.41. The molecule has 3 N–H and O–H groups in total. The average Bonchev–Trinajstić information content (AvgIpc) is 2.48. The lowest BCUT2D eigenvalue weighted by Gasteiger charge is -2.44. The summed E-state index contributed by atoms with van der Waals surface area (Å²) in [6.07, 6.45) is 4.02. The van der Waals surface area contributed by atoms with E-state index in [-0.39, 0.29) is 11.4 Å². The Morgan fingerprint density at radius 2 is 1.78 bits per heavy atom. The summed E-state index contributed by atoms with van der Waals surface area (Å²) in [6, 6.07) is 6.61. The minimum Gasteiger partial charge on any atom is -0.392 e. The van der Waals surface area contributed by atoms with E-state index in [9.17, 15) is 14.6 Å². The fourth-order valence-electron chi connectivity index (χ4n) is 3.65. The van der Waals surface area contributed by atoms with Gasteiger partial charge in [0.25, 0.3) is 0 Å². The second-order valence-electron chi connectivity index (χ2n) is 7.02. The zero-order valence-corrected chi connectivity index (χ0v) is 13.4. The molecule has 1 heterocycles. The van der Waals surface area contributed by atoms with Crippen LogP contribution in [-0.4, -0.2) is 41.7 Å². The van der Waals surface area contributed by atoms with Gasteiger partial charge in [-0.15, -0.1) is 0 Å². The molecule has 1 aliphatic carbocycles. The van der Waals surface area contributed by atoms with E-state index in [2.05, 4.69) is 5.32 Å². The molecule has 2 fully saturated rings. The molecule has 128 valence electrons. The van der Waals surface area contributed by atoms with Crippen molar-refractivity contribution < 1.29 is 19.3 Å². The van der Waals surface area contributed by atoms with Gasteiger partial charge in [-0.05, 0) is 49.8 Å². The van der Waals surface area contributed by atoms with E-state index in [1.54, 1.807) is 0 Å². The molecule has 1 aliphatic heterocycles. The van der Waals surface area contributed by atoms with Crippen molar-refractivity contribution in [3.8, 4) is 0 Å². The fourth-order valence-corrected chi connectivity index (χ4v) is 3.65. The maximum atomic E-state index is 13.1. The van der Waals surface area contributed by atoms with Crippen LogP contribution >= 0.6 is 0 Å². The van der Waals surface area contributed by atoms with Crippen molar-refractivity contribution in [1.29, 1.82) is 0 Å². The zero-order valence-electron chi connectivity index (χ0n) is 13.4. The summed E-state index contributed by atoms with van der Waals surface area (Å²) in [5.74, 6) is -0.231. The normalized spacial score (nSPS) is 24.0. The molecule has 0 aromatic heterocycles. The lowest BCUT2D eigenvalue weighted by Crippen LogP contribution is -2.51. The van der Waals surface area contributed by atoms with Crippen LogP contribution in [0.25, 0.3) is 0 Å². The number of ether oxygens (including phenoxy) is 1. The summed E-state index contributed by atoms with van der Waals surface area (Å²) in [6.45, 7) is 1.53. The Hall–Kier alpha value is -1.01. The number of aliphatic hydroxyl groups is 2. The number of nitrogens with one attached hydrogen (secondary N) is 1. The van der Waals surface area contributed by atoms with Gasteiger partial charge in [-0.25, -0.2) is 4.39 Å². The van der Waals surface area contributed by atoms with Gasteiger partial charge in [-0.2, -0.15) is 0 Å². The van der Waals surface area contributed by atoms with Gasteiger partial charge in [-0.1, -0.05) is 12.1 Å². The SMILES string of the molecule is OC(CNC1(c2ccc(F)cc2)CCC1)CC1(O)CCOCC1. The monoisotopic (exact) mass is 323 g/mol. The summed E-state index contributed by atoms with van der Waals surface area (Å²) < 4.78 is 18.4. The van der Waals surface area contributed by atoms with E-state index in [1.165, 1.54) is 12.1 Å². The van der Waals surface area contributed by atoms with Gasteiger partial charge in [0, 0.05) is 31.7 Å². The predicted octanol–water partition coefficient (Wildman–Crippen LogP) is 2.09. The molecule has 23 heavy (non-hydrogen) atoms. The van der Waals surface area contributed by atoms with Crippen LogP contribution in [0.4, 0.5) is 4.39 Å². The molecule has 0 spiro atoms. The Labute approximate surface area is 136 Å². The van der Waals surface area contributed by atoms with E-state index < -0.39 is 11.7 Å². The number of hydrogen-bond donors (Lipinski definition) is 3. The van der Waals surface area contributed by atoms with Gasteiger partial charge in [-0.3, -0.25) is 0 Å². The van der Waals surface area contributed by atoms with Crippen molar-refractivity contribution in [3.63, 3.8) is 0 Å². The first kappa shape index (κ1) is 16.8. The number of aliphatic hydroxyl groups excluding tert-OH is 1. The van der Waals surface area contributed by atoms with Crippen LogP contribution in [0.1, 0.15) is 44.1 Å². The van der Waals surface area contributed by atoms with Crippen LogP contribution in [0.3, 0.4) is 0 Å². The summed E-state index contributed by atoms with van der Waals surface area (Å²) in [5, 5.41) is 24.3.